The highest BCUT2D eigenvalue weighted by Crippen LogP contribution is 2.19. The zero-order valence-electron chi connectivity index (χ0n) is 14.0. The van der Waals surface area contributed by atoms with Gasteiger partial charge < -0.3 is 9.47 Å². The number of anilines is 1. The van der Waals surface area contributed by atoms with Gasteiger partial charge in [0.15, 0.2) is 5.65 Å². The average Bonchev–Trinajstić information content (AvgIpc) is 3.31. The number of piperazine rings is 1. The smallest absolute Gasteiger partial charge is 0.157 e. The van der Waals surface area contributed by atoms with E-state index in [1.807, 2.05) is 35.5 Å². The molecule has 3 aromatic rings. The highest BCUT2D eigenvalue weighted by molar-refractivity contribution is 5.51. The van der Waals surface area contributed by atoms with Gasteiger partial charge in [0.05, 0.1) is 12.5 Å². The number of nitrogens with zero attached hydrogens (tertiary/aromatic N) is 7. The molecule has 0 bridgehead atoms. The monoisotopic (exact) mass is 325 g/mol. The fraction of sp³-hybridized carbons (Fsp3) is 0.471. The van der Waals surface area contributed by atoms with E-state index in [-0.39, 0.29) is 0 Å². The van der Waals surface area contributed by atoms with Crippen LogP contribution in [0.15, 0.2) is 37.1 Å². The van der Waals surface area contributed by atoms with Gasteiger partial charge in [-0.2, -0.15) is 9.61 Å². The van der Waals surface area contributed by atoms with Crippen molar-refractivity contribution in [1.82, 2.24) is 29.0 Å². The van der Waals surface area contributed by atoms with E-state index >= 15 is 0 Å². The lowest BCUT2D eigenvalue weighted by molar-refractivity contribution is 0.247. The normalized spacial score (nSPS) is 16.1. The Morgan fingerprint density at radius 2 is 1.96 bits per heavy atom. The number of aryl methyl sites for hydroxylation is 1. The first kappa shape index (κ1) is 15.1. The lowest BCUT2D eigenvalue weighted by Gasteiger charge is -2.36. The van der Waals surface area contributed by atoms with E-state index in [1.54, 1.807) is 0 Å². The van der Waals surface area contributed by atoms with Crippen molar-refractivity contribution < 1.29 is 0 Å². The Kier molecular flexibility index (Phi) is 4.17. The minimum Gasteiger partial charge on any atom is -0.354 e. The summed E-state index contributed by atoms with van der Waals surface area (Å²) in [5.41, 5.74) is 2.06. The Balaban J connectivity index is 1.43. The third-order valence-corrected chi connectivity index (χ3v) is 4.69. The zero-order chi connectivity index (χ0) is 16.4. The van der Waals surface area contributed by atoms with Crippen molar-refractivity contribution >= 4 is 11.5 Å². The lowest BCUT2D eigenvalue weighted by Crippen LogP contribution is -2.47. The van der Waals surface area contributed by atoms with Crippen LogP contribution in [0.25, 0.3) is 5.65 Å². The number of hydrogen-bond donors (Lipinski definition) is 0. The minimum absolute atomic E-state index is 0.937. The molecule has 1 saturated heterocycles. The number of imidazole rings is 1. The molecule has 24 heavy (non-hydrogen) atoms. The van der Waals surface area contributed by atoms with Gasteiger partial charge in [-0.15, -0.1) is 0 Å². The number of rotatable bonds is 5. The van der Waals surface area contributed by atoms with Crippen molar-refractivity contribution in [3.63, 3.8) is 0 Å². The fourth-order valence-electron chi connectivity index (χ4n) is 3.23. The van der Waals surface area contributed by atoms with Gasteiger partial charge in [-0.25, -0.2) is 9.97 Å². The van der Waals surface area contributed by atoms with Gasteiger partial charge in [0.2, 0.25) is 0 Å². The van der Waals surface area contributed by atoms with Crippen LogP contribution in [0.1, 0.15) is 12.6 Å². The summed E-state index contributed by atoms with van der Waals surface area (Å²) in [6.07, 6.45) is 8.51. The van der Waals surface area contributed by atoms with Crippen molar-refractivity contribution in [2.24, 2.45) is 0 Å². The molecule has 1 aliphatic heterocycles. The van der Waals surface area contributed by atoms with Gasteiger partial charge in [-0.1, -0.05) is 6.92 Å². The van der Waals surface area contributed by atoms with Crippen molar-refractivity contribution in [3.05, 3.63) is 42.7 Å². The highest BCUT2D eigenvalue weighted by Gasteiger charge is 2.20. The molecular formula is C17H23N7. The zero-order valence-corrected chi connectivity index (χ0v) is 14.0. The van der Waals surface area contributed by atoms with Crippen LogP contribution in [-0.4, -0.2) is 61.8 Å². The van der Waals surface area contributed by atoms with Gasteiger partial charge in [0.1, 0.15) is 5.82 Å². The van der Waals surface area contributed by atoms with E-state index in [1.165, 1.54) is 0 Å². The SMILES string of the molecule is CCc1cc(N2CCN(CCn3ccnc3)CC2)n2nccc2n1. The molecule has 0 unspecified atom stereocenters. The highest BCUT2D eigenvalue weighted by atomic mass is 15.4. The summed E-state index contributed by atoms with van der Waals surface area (Å²) in [6, 6.07) is 4.16. The third-order valence-electron chi connectivity index (χ3n) is 4.69. The summed E-state index contributed by atoms with van der Waals surface area (Å²) in [7, 11) is 0. The van der Waals surface area contributed by atoms with Crippen molar-refractivity contribution in [2.45, 2.75) is 19.9 Å². The second-order valence-electron chi connectivity index (χ2n) is 6.19. The second kappa shape index (κ2) is 6.60. The summed E-state index contributed by atoms with van der Waals surface area (Å²) in [5, 5.41) is 4.45. The predicted molar refractivity (Wildman–Crippen MR) is 93.2 cm³/mol. The maximum atomic E-state index is 4.64. The Hall–Kier alpha value is -2.41. The largest absolute Gasteiger partial charge is 0.354 e. The molecule has 0 aromatic carbocycles. The molecule has 1 aliphatic rings. The molecule has 4 heterocycles. The second-order valence-corrected chi connectivity index (χ2v) is 6.19. The quantitative estimate of drug-likeness (QED) is 0.708. The molecule has 0 N–H and O–H groups in total. The summed E-state index contributed by atoms with van der Waals surface area (Å²) >= 11 is 0. The van der Waals surface area contributed by atoms with Crippen LogP contribution in [0, 0.1) is 0 Å². The third kappa shape index (κ3) is 2.99. The molecule has 4 rings (SSSR count). The van der Waals surface area contributed by atoms with Crippen LogP contribution in [0.3, 0.4) is 0 Å². The van der Waals surface area contributed by atoms with E-state index in [2.05, 4.69) is 42.4 Å². The fourth-order valence-corrected chi connectivity index (χ4v) is 3.23. The lowest BCUT2D eigenvalue weighted by atomic mass is 10.2. The Morgan fingerprint density at radius 3 is 2.71 bits per heavy atom. The first-order valence-electron chi connectivity index (χ1n) is 8.60. The summed E-state index contributed by atoms with van der Waals surface area (Å²) in [4.78, 5) is 13.7. The Morgan fingerprint density at radius 1 is 1.08 bits per heavy atom. The topological polar surface area (TPSA) is 54.5 Å². The van der Waals surface area contributed by atoms with Crippen molar-refractivity contribution in [3.8, 4) is 0 Å². The Bertz CT molecular complexity index is 784. The molecule has 7 nitrogen and oxygen atoms in total. The molecule has 7 heteroatoms. The van der Waals surface area contributed by atoms with E-state index in [9.17, 15) is 0 Å². The molecule has 0 saturated carbocycles. The van der Waals surface area contributed by atoms with Crippen LogP contribution < -0.4 is 4.90 Å². The molecule has 1 fully saturated rings. The molecule has 0 amide bonds. The van der Waals surface area contributed by atoms with Gasteiger partial charge in [-0.3, -0.25) is 4.90 Å². The van der Waals surface area contributed by atoms with Crippen LogP contribution in [0.2, 0.25) is 0 Å². The maximum Gasteiger partial charge on any atom is 0.157 e. The van der Waals surface area contributed by atoms with Gasteiger partial charge >= 0.3 is 0 Å². The molecule has 0 radical (unpaired) electrons. The first-order valence-corrected chi connectivity index (χ1v) is 8.60. The van der Waals surface area contributed by atoms with E-state index in [0.29, 0.717) is 0 Å². The van der Waals surface area contributed by atoms with Crippen molar-refractivity contribution in [1.29, 1.82) is 0 Å². The summed E-state index contributed by atoms with van der Waals surface area (Å²) in [5.74, 6) is 1.16. The predicted octanol–water partition coefficient (Wildman–Crippen LogP) is 1.31. The van der Waals surface area contributed by atoms with Crippen LogP contribution in [0.4, 0.5) is 5.82 Å². The van der Waals surface area contributed by atoms with Crippen LogP contribution >= 0.6 is 0 Å². The van der Waals surface area contributed by atoms with Gasteiger partial charge in [0, 0.05) is 69.5 Å². The number of hydrogen-bond acceptors (Lipinski definition) is 5. The molecule has 0 spiro atoms. The van der Waals surface area contributed by atoms with Crippen LogP contribution in [-0.2, 0) is 13.0 Å². The average molecular weight is 325 g/mol. The van der Waals surface area contributed by atoms with Crippen LogP contribution in [0.5, 0.6) is 0 Å². The summed E-state index contributed by atoms with van der Waals surface area (Å²) in [6.45, 7) is 8.39. The molecule has 0 atom stereocenters. The molecule has 126 valence electrons. The van der Waals surface area contributed by atoms with Crippen molar-refractivity contribution in [2.75, 3.05) is 37.6 Å². The minimum atomic E-state index is 0.937. The van der Waals surface area contributed by atoms with E-state index in [4.69, 9.17) is 0 Å². The molecule has 0 aliphatic carbocycles. The first-order chi connectivity index (χ1) is 11.8. The standard InChI is InChI=1S/C17H23N7/c1-2-15-13-17(24-16(20-15)3-4-19-24)23-11-9-21(10-12-23)7-8-22-6-5-18-14-22/h3-6,13-14H,2,7-12H2,1H3. The molecular weight excluding hydrogens is 302 g/mol. The van der Waals surface area contributed by atoms with Gasteiger partial charge in [-0.05, 0) is 6.42 Å². The Labute approximate surface area is 141 Å². The number of aromatic nitrogens is 5. The van der Waals surface area contributed by atoms with E-state index in [0.717, 1.165) is 62.8 Å². The summed E-state index contributed by atoms with van der Waals surface area (Å²) < 4.78 is 4.09. The molecule has 3 aromatic heterocycles. The van der Waals surface area contributed by atoms with Gasteiger partial charge in [0.25, 0.3) is 0 Å². The van der Waals surface area contributed by atoms with E-state index < -0.39 is 0 Å². The number of fused-ring (bicyclic) bond motifs is 1. The maximum absolute atomic E-state index is 4.64.